The zero-order valence-corrected chi connectivity index (χ0v) is 18.5. The Balaban J connectivity index is 1.22. The molecule has 2 aliphatic rings. The first-order valence-electron chi connectivity index (χ1n) is 11.8. The standard InChI is InChI=1S/C28H30N2O2/c31-27(30-17-7-12-24(30)20-21-8-2-1-3-9-21)23-15-18-29(19-16-23)28(32)26-14-6-11-22-10-4-5-13-25(22)26/h1-6,8-11,13-14,23-24H,7,12,15-20H2. The molecule has 5 rings (SSSR count). The molecule has 0 saturated carbocycles. The van der Waals surface area contributed by atoms with Gasteiger partial charge in [0.15, 0.2) is 0 Å². The Morgan fingerprint density at radius 3 is 2.31 bits per heavy atom. The highest BCUT2D eigenvalue weighted by Gasteiger charge is 2.35. The van der Waals surface area contributed by atoms with E-state index in [2.05, 4.69) is 29.2 Å². The van der Waals surface area contributed by atoms with Crippen molar-refractivity contribution in [1.29, 1.82) is 0 Å². The van der Waals surface area contributed by atoms with Gasteiger partial charge in [0.25, 0.3) is 5.91 Å². The number of hydrogen-bond acceptors (Lipinski definition) is 2. The van der Waals surface area contributed by atoms with Gasteiger partial charge >= 0.3 is 0 Å². The van der Waals surface area contributed by atoms with Crippen molar-refractivity contribution < 1.29 is 9.59 Å². The lowest BCUT2D eigenvalue weighted by Crippen LogP contribution is -2.46. The summed E-state index contributed by atoms with van der Waals surface area (Å²) < 4.78 is 0. The van der Waals surface area contributed by atoms with Crippen LogP contribution in [0.25, 0.3) is 10.8 Å². The van der Waals surface area contributed by atoms with Crippen molar-refractivity contribution in [2.75, 3.05) is 19.6 Å². The van der Waals surface area contributed by atoms with Crippen LogP contribution in [0.15, 0.2) is 72.8 Å². The molecule has 2 heterocycles. The number of piperidine rings is 1. The Morgan fingerprint density at radius 2 is 1.50 bits per heavy atom. The van der Waals surface area contributed by atoms with Crippen LogP contribution in [-0.4, -0.2) is 47.3 Å². The van der Waals surface area contributed by atoms with E-state index in [4.69, 9.17) is 0 Å². The second-order valence-corrected chi connectivity index (χ2v) is 9.11. The lowest BCUT2D eigenvalue weighted by molar-refractivity contribution is -0.137. The maximum Gasteiger partial charge on any atom is 0.254 e. The molecule has 2 saturated heterocycles. The van der Waals surface area contributed by atoms with E-state index in [1.165, 1.54) is 5.56 Å². The molecule has 3 aromatic carbocycles. The van der Waals surface area contributed by atoms with E-state index in [0.717, 1.165) is 55.0 Å². The molecule has 0 bridgehead atoms. The number of rotatable bonds is 4. The number of hydrogen-bond donors (Lipinski definition) is 0. The van der Waals surface area contributed by atoms with Gasteiger partial charge in [0.2, 0.25) is 5.91 Å². The van der Waals surface area contributed by atoms with Gasteiger partial charge < -0.3 is 9.80 Å². The average molecular weight is 427 g/mol. The molecule has 2 amide bonds. The van der Waals surface area contributed by atoms with Gasteiger partial charge in [0.05, 0.1) is 0 Å². The highest BCUT2D eigenvalue weighted by molar-refractivity contribution is 6.07. The van der Waals surface area contributed by atoms with E-state index in [-0.39, 0.29) is 11.8 Å². The van der Waals surface area contributed by atoms with Gasteiger partial charge in [0.1, 0.15) is 0 Å². The number of likely N-dealkylation sites (tertiary alicyclic amines) is 2. The van der Waals surface area contributed by atoms with Crippen LogP contribution in [0.5, 0.6) is 0 Å². The molecule has 4 nitrogen and oxygen atoms in total. The maximum absolute atomic E-state index is 13.3. The van der Waals surface area contributed by atoms with Crippen molar-refractivity contribution in [3.05, 3.63) is 83.9 Å². The van der Waals surface area contributed by atoms with Crippen molar-refractivity contribution in [3.63, 3.8) is 0 Å². The molecule has 0 aliphatic carbocycles. The van der Waals surface area contributed by atoms with Crippen LogP contribution < -0.4 is 0 Å². The average Bonchev–Trinajstić information content (AvgIpc) is 3.31. The third-order valence-electron chi connectivity index (χ3n) is 7.13. The Hall–Kier alpha value is -3.14. The van der Waals surface area contributed by atoms with Crippen molar-refractivity contribution >= 4 is 22.6 Å². The molecule has 1 unspecified atom stereocenters. The van der Waals surface area contributed by atoms with Crippen LogP contribution in [0.3, 0.4) is 0 Å². The third-order valence-corrected chi connectivity index (χ3v) is 7.13. The Bertz CT molecular complexity index is 1100. The number of benzene rings is 3. The molecule has 3 aromatic rings. The van der Waals surface area contributed by atoms with Crippen molar-refractivity contribution in [2.24, 2.45) is 5.92 Å². The summed E-state index contributed by atoms with van der Waals surface area (Å²) in [4.78, 5) is 30.6. The molecule has 32 heavy (non-hydrogen) atoms. The van der Waals surface area contributed by atoms with Gasteiger partial charge in [-0.1, -0.05) is 66.7 Å². The Kier molecular flexibility index (Phi) is 5.93. The molecular formula is C28H30N2O2. The quantitative estimate of drug-likeness (QED) is 0.594. The zero-order valence-electron chi connectivity index (χ0n) is 18.5. The molecule has 0 N–H and O–H groups in total. The van der Waals surface area contributed by atoms with E-state index in [1.54, 1.807) is 0 Å². The molecule has 164 valence electrons. The minimum atomic E-state index is 0.0305. The van der Waals surface area contributed by atoms with Crippen LogP contribution in [0.4, 0.5) is 0 Å². The van der Waals surface area contributed by atoms with Crippen molar-refractivity contribution in [1.82, 2.24) is 9.80 Å². The van der Waals surface area contributed by atoms with Gasteiger partial charge in [-0.15, -0.1) is 0 Å². The molecule has 4 heteroatoms. The SMILES string of the molecule is O=C(c1cccc2ccccc12)N1CCC(C(=O)N2CCCC2Cc2ccccc2)CC1. The van der Waals surface area contributed by atoms with E-state index in [0.29, 0.717) is 25.0 Å². The molecule has 0 spiro atoms. The highest BCUT2D eigenvalue weighted by atomic mass is 16.2. The minimum absolute atomic E-state index is 0.0305. The first kappa shape index (κ1) is 20.7. The van der Waals surface area contributed by atoms with Crippen molar-refractivity contribution in [3.8, 4) is 0 Å². The monoisotopic (exact) mass is 426 g/mol. The van der Waals surface area contributed by atoms with Gasteiger partial charge in [-0.2, -0.15) is 0 Å². The lowest BCUT2D eigenvalue weighted by atomic mass is 9.93. The fourth-order valence-electron chi connectivity index (χ4n) is 5.37. The zero-order chi connectivity index (χ0) is 21.9. The number of nitrogens with zero attached hydrogens (tertiary/aromatic N) is 2. The number of carbonyl (C=O) groups is 2. The number of fused-ring (bicyclic) bond motifs is 1. The van der Waals surface area contributed by atoms with Crippen molar-refractivity contribution in [2.45, 2.75) is 38.1 Å². The van der Waals surface area contributed by atoms with Crippen LogP contribution >= 0.6 is 0 Å². The Morgan fingerprint density at radius 1 is 0.781 bits per heavy atom. The van der Waals surface area contributed by atoms with Crippen LogP contribution in [0.1, 0.15) is 41.6 Å². The smallest absolute Gasteiger partial charge is 0.254 e. The second-order valence-electron chi connectivity index (χ2n) is 9.11. The lowest BCUT2D eigenvalue weighted by Gasteiger charge is -2.35. The summed E-state index contributed by atoms with van der Waals surface area (Å²) in [6, 6.07) is 24.7. The van der Waals surface area contributed by atoms with Crippen LogP contribution in [0.2, 0.25) is 0 Å². The first-order chi connectivity index (χ1) is 15.7. The van der Waals surface area contributed by atoms with Gasteiger partial charge in [-0.3, -0.25) is 9.59 Å². The van der Waals surface area contributed by atoms with Gasteiger partial charge in [-0.05, 0) is 54.5 Å². The summed E-state index contributed by atoms with van der Waals surface area (Å²) in [6.45, 7) is 2.16. The van der Waals surface area contributed by atoms with E-state index in [9.17, 15) is 9.59 Å². The summed E-state index contributed by atoms with van der Waals surface area (Å²) in [5.74, 6) is 0.402. The summed E-state index contributed by atoms with van der Waals surface area (Å²) in [6.07, 6.45) is 4.61. The fourth-order valence-corrected chi connectivity index (χ4v) is 5.37. The fraction of sp³-hybridized carbons (Fsp3) is 0.357. The largest absolute Gasteiger partial charge is 0.339 e. The van der Waals surface area contributed by atoms with Gasteiger partial charge in [-0.25, -0.2) is 0 Å². The van der Waals surface area contributed by atoms with Crippen LogP contribution in [0, 0.1) is 5.92 Å². The Labute approximate surface area is 189 Å². The summed E-state index contributed by atoms with van der Waals surface area (Å²) in [5.41, 5.74) is 2.06. The maximum atomic E-state index is 13.3. The second kappa shape index (κ2) is 9.15. The first-order valence-corrected chi connectivity index (χ1v) is 11.8. The number of carbonyl (C=O) groups excluding carboxylic acids is 2. The topological polar surface area (TPSA) is 40.6 Å². The molecule has 0 aromatic heterocycles. The summed E-state index contributed by atoms with van der Waals surface area (Å²) in [5, 5.41) is 2.08. The highest BCUT2D eigenvalue weighted by Crippen LogP contribution is 2.28. The molecule has 1 atom stereocenters. The molecule has 2 aliphatic heterocycles. The van der Waals surface area contributed by atoms with E-state index in [1.807, 2.05) is 53.4 Å². The number of amides is 2. The van der Waals surface area contributed by atoms with E-state index < -0.39 is 0 Å². The molecular weight excluding hydrogens is 396 g/mol. The summed E-state index contributed by atoms with van der Waals surface area (Å²) >= 11 is 0. The predicted molar refractivity (Wildman–Crippen MR) is 127 cm³/mol. The molecule has 2 fully saturated rings. The van der Waals surface area contributed by atoms with Crippen LogP contribution in [-0.2, 0) is 11.2 Å². The predicted octanol–water partition coefficient (Wildman–Crippen LogP) is 4.93. The minimum Gasteiger partial charge on any atom is -0.339 e. The summed E-state index contributed by atoms with van der Waals surface area (Å²) in [7, 11) is 0. The third kappa shape index (κ3) is 4.14. The van der Waals surface area contributed by atoms with Gasteiger partial charge in [0, 0.05) is 37.2 Å². The van der Waals surface area contributed by atoms with E-state index >= 15 is 0 Å². The normalized spacial score (nSPS) is 19.4. The molecule has 0 radical (unpaired) electrons.